The van der Waals surface area contributed by atoms with E-state index in [9.17, 15) is 27.9 Å². The number of nitrogens with zero attached hydrogens (tertiary/aromatic N) is 3. The quantitative estimate of drug-likeness (QED) is 0.362. The van der Waals surface area contributed by atoms with Crippen LogP contribution in [0.25, 0.3) is 11.3 Å². The summed E-state index contributed by atoms with van der Waals surface area (Å²) in [7, 11) is 0. The number of hydrogen-bond donors (Lipinski definition) is 3. The van der Waals surface area contributed by atoms with Gasteiger partial charge in [-0.15, -0.1) is 0 Å². The highest BCUT2D eigenvalue weighted by Crippen LogP contribution is 2.36. The molecule has 0 unspecified atom stereocenters. The maximum Gasteiger partial charge on any atom is 0.425 e. The summed E-state index contributed by atoms with van der Waals surface area (Å²) < 4.78 is 60.2. The summed E-state index contributed by atoms with van der Waals surface area (Å²) in [4.78, 5) is 29.9. The molecule has 3 aromatic rings. The van der Waals surface area contributed by atoms with Gasteiger partial charge < -0.3 is 15.2 Å². The van der Waals surface area contributed by atoms with Crippen LogP contribution in [0.3, 0.4) is 0 Å². The molecule has 4 rings (SSSR count). The van der Waals surface area contributed by atoms with Crippen molar-refractivity contribution in [2.45, 2.75) is 39.0 Å². The molecule has 0 aliphatic carbocycles. The Kier molecular flexibility index (Phi) is 7.00. The predicted octanol–water partition coefficient (Wildman–Crippen LogP) is 5.59. The molecule has 0 saturated heterocycles. The van der Waals surface area contributed by atoms with Crippen LogP contribution in [0.5, 0.6) is 5.75 Å². The topological polar surface area (TPSA) is 120 Å². The number of aromatic nitrogens is 3. The molecule has 1 aliphatic rings. The summed E-state index contributed by atoms with van der Waals surface area (Å²) in [6.45, 7) is 2.47. The van der Waals surface area contributed by atoms with Crippen molar-refractivity contribution in [3.8, 4) is 17.0 Å². The molecule has 2 aromatic heterocycles. The molecule has 196 valence electrons. The Morgan fingerprint density at radius 1 is 1.30 bits per heavy atom. The van der Waals surface area contributed by atoms with Gasteiger partial charge in [-0.3, -0.25) is 14.8 Å². The molecule has 14 heteroatoms. The lowest BCUT2D eigenvalue weighted by atomic mass is 10.0. The smallest absolute Gasteiger partial charge is 0.425 e. The van der Waals surface area contributed by atoms with Crippen molar-refractivity contribution in [1.82, 2.24) is 15.2 Å². The van der Waals surface area contributed by atoms with E-state index >= 15 is 4.39 Å². The standard InChI is InChI=1S/C23H20ClF4N5O4/c1-10-18(19(24)32-31-10)30-21(34)14-8-15(25)13(9-17(14)37-11(2)23(26,27)28)16-6-5-12-4-3-7-33(22(35)36)20(12)29-16/h5-6,8-9,11H,3-4,7H2,1-2H3,(H,30,34)(H,31,32)(H,35,36)/t11-/m0/s1. The first-order valence-corrected chi connectivity index (χ1v) is 11.3. The molecule has 9 nitrogen and oxygen atoms in total. The van der Waals surface area contributed by atoms with E-state index in [2.05, 4.69) is 20.5 Å². The van der Waals surface area contributed by atoms with Crippen molar-refractivity contribution in [2.75, 3.05) is 16.8 Å². The Balaban J connectivity index is 1.80. The molecule has 0 fully saturated rings. The largest absolute Gasteiger partial charge is 0.480 e. The number of amides is 2. The molecule has 2 amide bonds. The van der Waals surface area contributed by atoms with E-state index in [-0.39, 0.29) is 34.5 Å². The second-order valence-electron chi connectivity index (χ2n) is 8.32. The predicted molar refractivity (Wildman–Crippen MR) is 126 cm³/mol. The number of alkyl halides is 3. The van der Waals surface area contributed by atoms with E-state index in [0.29, 0.717) is 24.1 Å². The molecule has 1 atom stereocenters. The van der Waals surface area contributed by atoms with Crippen LogP contribution in [-0.2, 0) is 6.42 Å². The molecule has 0 saturated carbocycles. The summed E-state index contributed by atoms with van der Waals surface area (Å²) >= 11 is 5.92. The number of carbonyl (C=O) groups is 2. The van der Waals surface area contributed by atoms with Gasteiger partial charge in [-0.1, -0.05) is 17.7 Å². The van der Waals surface area contributed by atoms with Gasteiger partial charge in [0, 0.05) is 12.1 Å². The molecule has 0 bridgehead atoms. The van der Waals surface area contributed by atoms with E-state index in [1.165, 1.54) is 6.07 Å². The van der Waals surface area contributed by atoms with Gasteiger partial charge in [0.1, 0.15) is 23.1 Å². The van der Waals surface area contributed by atoms with E-state index in [1.807, 2.05) is 0 Å². The van der Waals surface area contributed by atoms with Gasteiger partial charge in [0.25, 0.3) is 5.91 Å². The number of hydrogen-bond acceptors (Lipinski definition) is 5. The van der Waals surface area contributed by atoms with Crippen LogP contribution in [0.2, 0.25) is 5.15 Å². The van der Waals surface area contributed by atoms with E-state index < -0.39 is 41.4 Å². The molecule has 37 heavy (non-hydrogen) atoms. The molecule has 0 spiro atoms. The van der Waals surface area contributed by atoms with Crippen LogP contribution < -0.4 is 15.0 Å². The molecule has 1 aliphatic heterocycles. The average Bonchev–Trinajstić information content (AvgIpc) is 3.15. The molecule has 1 aromatic carbocycles. The summed E-state index contributed by atoms with van der Waals surface area (Å²) in [6, 6.07) is 4.66. The van der Waals surface area contributed by atoms with Crippen molar-refractivity contribution in [3.05, 3.63) is 52.1 Å². The second-order valence-corrected chi connectivity index (χ2v) is 8.67. The number of ether oxygens (including phenoxy) is 1. The Bertz CT molecular complexity index is 1360. The van der Waals surface area contributed by atoms with Crippen molar-refractivity contribution < 1.29 is 37.0 Å². The van der Waals surface area contributed by atoms with Gasteiger partial charge in [0.2, 0.25) is 0 Å². The minimum atomic E-state index is -4.78. The maximum absolute atomic E-state index is 15.3. The lowest BCUT2D eigenvalue weighted by Crippen LogP contribution is -2.35. The van der Waals surface area contributed by atoms with Gasteiger partial charge in [-0.25, -0.2) is 14.2 Å². The number of aryl methyl sites for hydroxylation is 2. The molecular formula is C23H20ClF4N5O4. The number of fused-ring (bicyclic) bond motifs is 1. The monoisotopic (exact) mass is 541 g/mol. The Morgan fingerprint density at radius 2 is 2.03 bits per heavy atom. The van der Waals surface area contributed by atoms with Crippen LogP contribution in [-0.4, -0.2) is 51.1 Å². The third kappa shape index (κ3) is 5.31. The minimum Gasteiger partial charge on any atom is -0.480 e. The first kappa shape index (κ1) is 26.2. The number of carboxylic acid groups (broad SMARTS) is 1. The van der Waals surface area contributed by atoms with Crippen molar-refractivity contribution >= 4 is 35.1 Å². The highest BCUT2D eigenvalue weighted by atomic mass is 35.5. The SMILES string of the molecule is Cc1[nH]nc(Cl)c1NC(=O)c1cc(F)c(-c2ccc3c(n2)N(C(=O)O)CCC3)cc1O[C@@H](C)C(F)(F)F. The molecular weight excluding hydrogens is 522 g/mol. The van der Waals surface area contributed by atoms with Crippen molar-refractivity contribution in [2.24, 2.45) is 0 Å². The van der Waals surface area contributed by atoms with Gasteiger partial charge in [0.15, 0.2) is 11.3 Å². The average molecular weight is 542 g/mol. The number of H-pyrrole nitrogens is 1. The fourth-order valence-corrected chi connectivity index (χ4v) is 4.01. The zero-order valence-electron chi connectivity index (χ0n) is 19.4. The van der Waals surface area contributed by atoms with Crippen molar-refractivity contribution in [3.63, 3.8) is 0 Å². The summed E-state index contributed by atoms with van der Waals surface area (Å²) in [5.74, 6) is -2.44. The summed E-state index contributed by atoms with van der Waals surface area (Å²) in [6.07, 6.45) is -7.23. The number of halogens is 5. The number of nitrogens with one attached hydrogen (secondary N) is 2. The van der Waals surface area contributed by atoms with Gasteiger partial charge in [-0.2, -0.15) is 18.3 Å². The van der Waals surface area contributed by atoms with Crippen LogP contribution in [0, 0.1) is 12.7 Å². The molecule has 3 heterocycles. The number of carbonyl (C=O) groups excluding carboxylic acids is 1. The zero-order chi connectivity index (χ0) is 27.1. The van der Waals surface area contributed by atoms with E-state index in [4.69, 9.17) is 16.3 Å². The molecule has 3 N–H and O–H groups in total. The highest BCUT2D eigenvalue weighted by Gasteiger charge is 2.39. The highest BCUT2D eigenvalue weighted by molar-refractivity contribution is 6.33. The number of anilines is 2. The van der Waals surface area contributed by atoms with E-state index in [0.717, 1.165) is 24.0 Å². The number of aromatic amines is 1. The summed E-state index contributed by atoms with van der Waals surface area (Å²) in [5.41, 5.74) is 0.202. The first-order chi connectivity index (χ1) is 17.4. The van der Waals surface area contributed by atoms with Crippen LogP contribution in [0.15, 0.2) is 24.3 Å². The Morgan fingerprint density at radius 3 is 2.65 bits per heavy atom. The normalized spacial score (nSPS) is 14.2. The van der Waals surface area contributed by atoms with Gasteiger partial charge in [0.05, 0.1) is 17.0 Å². The van der Waals surface area contributed by atoms with Gasteiger partial charge in [-0.05, 0) is 50.5 Å². The third-order valence-electron chi connectivity index (χ3n) is 5.77. The number of pyridine rings is 1. The van der Waals surface area contributed by atoms with Crippen LogP contribution in [0.4, 0.5) is 33.9 Å². The lowest BCUT2D eigenvalue weighted by molar-refractivity contribution is -0.189. The minimum absolute atomic E-state index is 0.0467. The Hall–Kier alpha value is -3.87. The van der Waals surface area contributed by atoms with Crippen LogP contribution in [0.1, 0.15) is 35.0 Å². The second kappa shape index (κ2) is 9.88. The summed E-state index contributed by atoms with van der Waals surface area (Å²) in [5, 5.41) is 18.0. The number of benzene rings is 1. The van der Waals surface area contributed by atoms with Crippen LogP contribution >= 0.6 is 11.6 Å². The maximum atomic E-state index is 15.3. The van der Waals surface area contributed by atoms with Crippen molar-refractivity contribution in [1.29, 1.82) is 0 Å². The van der Waals surface area contributed by atoms with E-state index in [1.54, 1.807) is 13.0 Å². The zero-order valence-corrected chi connectivity index (χ0v) is 20.2. The third-order valence-corrected chi connectivity index (χ3v) is 6.04. The Labute approximate surface area is 212 Å². The fraction of sp³-hybridized carbons (Fsp3) is 0.304. The fourth-order valence-electron chi connectivity index (χ4n) is 3.78. The first-order valence-electron chi connectivity index (χ1n) is 11.0. The van der Waals surface area contributed by atoms with Gasteiger partial charge >= 0.3 is 12.3 Å². The lowest BCUT2D eigenvalue weighted by Gasteiger charge is -2.26. The molecule has 0 radical (unpaired) electrons. The number of rotatable bonds is 5.